The Morgan fingerprint density at radius 1 is 1.32 bits per heavy atom. The smallest absolute Gasteiger partial charge is 0.321 e. The lowest BCUT2D eigenvalue weighted by atomic mass is 10.2. The van der Waals surface area contributed by atoms with Gasteiger partial charge in [-0.25, -0.2) is 9.59 Å². The van der Waals surface area contributed by atoms with Crippen LogP contribution < -0.4 is 20.9 Å². The molecule has 0 spiro atoms. The molecule has 1 aromatic rings. The van der Waals surface area contributed by atoms with E-state index in [1.807, 2.05) is 24.3 Å². The van der Waals surface area contributed by atoms with Gasteiger partial charge in [0.25, 0.3) is 0 Å². The Balaban J connectivity index is 1.82. The average molecular weight is 304 g/mol. The number of urea groups is 2. The van der Waals surface area contributed by atoms with Crippen LogP contribution in [0, 0.1) is 0 Å². The van der Waals surface area contributed by atoms with Gasteiger partial charge < -0.3 is 16.0 Å². The summed E-state index contributed by atoms with van der Waals surface area (Å²) in [5.41, 5.74) is 1.47. The minimum Gasteiger partial charge on any atom is -0.338 e. The molecule has 1 aromatic carbocycles. The highest BCUT2D eigenvalue weighted by atomic mass is 16.2. The van der Waals surface area contributed by atoms with Crippen molar-refractivity contribution in [1.29, 1.82) is 0 Å². The van der Waals surface area contributed by atoms with Gasteiger partial charge in [0, 0.05) is 31.0 Å². The van der Waals surface area contributed by atoms with E-state index in [0.717, 1.165) is 18.5 Å². The molecule has 120 valence electrons. The van der Waals surface area contributed by atoms with E-state index in [1.54, 1.807) is 4.90 Å². The molecule has 2 rings (SSSR count). The first-order valence-corrected chi connectivity index (χ1v) is 7.91. The molecule has 1 aliphatic rings. The molecule has 6 heteroatoms. The summed E-state index contributed by atoms with van der Waals surface area (Å²) in [6.45, 7) is 4.13. The third-order valence-corrected chi connectivity index (χ3v) is 3.59. The van der Waals surface area contributed by atoms with E-state index in [9.17, 15) is 9.59 Å². The van der Waals surface area contributed by atoms with Crippen molar-refractivity contribution in [3.05, 3.63) is 24.3 Å². The van der Waals surface area contributed by atoms with Gasteiger partial charge in [-0.3, -0.25) is 4.90 Å². The van der Waals surface area contributed by atoms with Crippen LogP contribution in [0.25, 0.3) is 0 Å². The van der Waals surface area contributed by atoms with Crippen LogP contribution in [0.4, 0.5) is 21.0 Å². The predicted molar refractivity (Wildman–Crippen MR) is 88.4 cm³/mol. The monoisotopic (exact) mass is 304 g/mol. The molecule has 0 saturated carbocycles. The highest BCUT2D eigenvalue weighted by Gasteiger charge is 2.21. The standard InChI is InChI=1S/C16H24N4O2/c1-2-3-4-5-9-17-15(21)19-13-7-6-8-14(12-13)20-11-10-18-16(20)22/h6-8,12H,2-5,9-11H2,1H3,(H,18,22)(H2,17,19,21). The number of benzene rings is 1. The second-order valence-electron chi connectivity index (χ2n) is 5.38. The van der Waals surface area contributed by atoms with Crippen LogP contribution in [0.1, 0.15) is 32.6 Å². The zero-order valence-electron chi connectivity index (χ0n) is 13.0. The van der Waals surface area contributed by atoms with Crippen LogP contribution in [-0.2, 0) is 0 Å². The molecule has 0 atom stereocenters. The SMILES string of the molecule is CCCCCCNC(=O)Nc1cccc(N2CCNC2=O)c1. The maximum atomic E-state index is 11.8. The Kier molecular flexibility index (Phi) is 6.06. The fourth-order valence-corrected chi connectivity index (χ4v) is 2.40. The first kappa shape index (κ1) is 16.1. The van der Waals surface area contributed by atoms with Crippen LogP contribution in [0.5, 0.6) is 0 Å². The van der Waals surface area contributed by atoms with Gasteiger partial charge in [0.2, 0.25) is 0 Å². The molecule has 1 aliphatic heterocycles. The van der Waals surface area contributed by atoms with E-state index in [2.05, 4.69) is 22.9 Å². The van der Waals surface area contributed by atoms with Gasteiger partial charge in [-0.05, 0) is 24.6 Å². The topological polar surface area (TPSA) is 73.5 Å². The highest BCUT2D eigenvalue weighted by Crippen LogP contribution is 2.20. The summed E-state index contributed by atoms with van der Waals surface area (Å²) in [4.78, 5) is 25.1. The van der Waals surface area contributed by atoms with Crippen molar-refractivity contribution in [3.63, 3.8) is 0 Å². The van der Waals surface area contributed by atoms with E-state index in [1.165, 1.54) is 12.8 Å². The fraction of sp³-hybridized carbons (Fsp3) is 0.500. The molecule has 0 radical (unpaired) electrons. The van der Waals surface area contributed by atoms with Gasteiger partial charge in [-0.2, -0.15) is 0 Å². The Bertz CT molecular complexity index is 519. The largest absolute Gasteiger partial charge is 0.338 e. The van der Waals surface area contributed by atoms with Gasteiger partial charge in [0.05, 0.1) is 0 Å². The number of unbranched alkanes of at least 4 members (excludes halogenated alkanes) is 3. The second-order valence-corrected chi connectivity index (χ2v) is 5.38. The Morgan fingerprint density at radius 2 is 2.18 bits per heavy atom. The number of anilines is 2. The van der Waals surface area contributed by atoms with Crippen LogP contribution in [-0.4, -0.2) is 31.7 Å². The molecule has 4 amide bonds. The maximum absolute atomic E-state index is 11.8. The minimum absolute atomic E-state index is 0.0995. The third-order valence-electron chi connectivity index (χ3n) is 3.59. The summed E-state index contributed by atoms with van der Waals surface area (Å²) >= 11 is 0. The van der Waals surface area contributed by atoms with Crippen molar-refractivity contribution in [3.8, 4) is 0 Å². The van der Waals surface area contributed by atoms with E-state index in [4.69, 9.17) is 0 Å². The van der Waals surface area contributed by atoms with E-state index in [0.29, 0.717) is 25.3 Å². The van der Waals surface area contributed by atoms with Gasteiger partial charge in [-0.1, -0.05) is 32.3 Å². The van der Waals surface area contributed by atoms with Crippen molar-refractivity contribution in [1.82, 2.24) is 10.6 Å². The Labute approximate surface area is 131 Å². The molecular weight excluding hydrogens is 280 g/mol. The number of carbonyl (C=O) groups excluding carboxylic acids is 2. The summed E-state index contributed by atoms with van der Waals surface area (Å²) in [5, 5.41) is 8.41. The van der Waals surface area contributed by atoms with E-state index >= 15 is 0 Å². The number of nitrogens with one attached hydrogen (secondary N) is 3. The fourth-order valence-electron chi connectivity index (χ4n) is 2.40. The van der Waals surface area contributed by atoms with Crippen LogP contribution in [0.15, 0.2) is 24.3 Å². The Hall–Kier alpha value is -2.24. The summed E-state index contributed by atoms with van der Waals surface area (Å²) in [6, 6.07) is 7.00. The van der Waals surface area contributed by atoms with Gasteiger partial charge >= 0.3 is 12.1 Å². The first-order valence-electron chi connectivity index (χ1n) is 7.91. The van der Waals surface area contributed by atoms with Gasteiger partial charge in [0.15, 0.2) is 0 Å². The predicted octanol–water partition coefficient (Wildman–Crippen LogP) is 2.92. The van der Waals surface area contributed by atoms with Crippen molar-refractivity contribution >= 4 is 23.4 Å². The Morgan fingerprint density at radius 3 is 2.91 bits per heavy atom. The first-order chi connectivity index (χ1) is 10.7. The molecular formula is C16H24N4O2. The average Bonchev–Trinajstić information content (AvgIpc) is 2.93. The van der Waals surface area contributed by atoms with Crippen LogP contribution in [0.3, 0.4) is 0 Å². The molecule has 6 nitrogen and oxygen atoms in total. The molecule has 1 fully saturated rings. The molecule has 0 bridgehead atoms. The lowest BCUT2D eigenvalue weighted by Crippen LogP contribution is -2.30. The zero-order chi connectivity index (χ0) is 15.8. The lowest BCUT2D eigenvalue weighted by Gasteiger charge is -2.15. The summed E-state index contributed by atoms with van der Waals surface area (Å²) < 4.78 is 0. The van der Waals surface area contributed by atoms with Crippen LogP contribution in [0.2, 0.25) is 0 Å². The highest BCUT2D eigenvalue weighted by molar-refractivity contribution is 5.95. The van der Waals surface area contributed by atoms with E-state index in [-0.39, 0.29) is 12.1 Å². The van der Waals surface area contributed by atoms with Crippen molar-refractivity contribution < 1.29 is 9.59 Å². The molecule has 0 aliphatic carbocycles. The number of amides is 4. The zero-order valence-corrected chi connectivity index (χ0v) is 13.0. The normalized spacial score (nSPS) is 13.9. The number of hydrogen-bond acceptors (Lipinski definition) is 2. The number of rotatable bonds is 7. The molecule has 0 aromatic heterocycles. The molecule has 1 saturated heterocycles. The van der Waals surface area contributed by atoms with Gasteiger partial charge in [0.1, 0.15) is 0 Å². The van der Waals surface area contributed by atoms with Crippen molar-refractivity contribution in [2.75, 3.05) is 29.9 Å². The summed E-state index contributed by atoms with van der Waals surface area (Å²) in [5.74, 6) is 0. The van der Waals surface area contributed by atoms with Crippen LogP contribution >= 0.6 is 0 Å². The van der Waals surface area contributed by atoms with E-state index < -0.39 is 0 Å². The number of hydrogen-bond donors (Lipinski definition) is 3. The minimum atomic E-state index is -0.209. The molecule has 1 heterocycles. The second kappa shape index (κ2) is 8.26. The molecule has 22 heavy (non-hydrogen) atoms. The molecule has 0 unspecified atom stereocenters. The number of nitrogens with zero attached hydrogens (tertiary/aromatic N) is 1. The van der Waals surface area contributed by atoms with Crippen molar-refractivity contribution in [2.24, 2.45) is 0 Å². The van der Waals surface area contributed by atoms with Crippen molar-refractivity contribution in [2.45, 2.75) is 32.6 Å². The third kappa shape index (κ3) is 4.65. The quantitative estimate of drug-likeness (QED) is 0.678. The lowest BCUT2D eigenvalue weighted by molar-refractivity contribution is 0.251. The summed E-state index contributed by atoms with van der Waals surface area (Å²) in [6.07, 6.45) is 4.51. The maximum Gasteiger partial charge on any atom is 0.321 e. The van der Waals surface area contributed by atoms with Gasteiger partial charge in [-0.15, -0.1) is 0 Å². The number of carbonyl (C=O) groups is 2. The summed E-state index contributed by atoms with van der Waals surface area (Å²) in [7, 11) is 0. The molecule has 3 N–H and O–H groups in total.